The summed E-state index contributed by atoms with van der Waals surface area (Å²) in [6.45, 7) is 0. The lowest BCUT2D eigenvalue weighted by Gasteiger charge is -1.99. The minimum Gasteiger partial charge on any atom is -0.442 e. The van der Waals surface area contributed by atoms with Crippen LogP contribution in [0, 0.1) is 5.82 Å². The fourth-order valence-corrected chi connectivity index (χ4v) is 1.56. The van der Waals surface area contributed by atoms with Crippen LogP contribution in [0.2, 0.25) is 0 Å². The molecule has 0 saturated heterocycles. The summed E-state index contributed by atoms with van der Waals surface area (Å²) in [7, 11) is 0. The normalized spacial score (nSPS) is 10.8. The van der Waals surface area contributed by atoms with E-state index < -0.39 is 0 Å². The molecule has 1 aromatic carbocycles. The molecule has 0 unspecified atom stereocenters. The number of hydrogen-bond donors (Lipinski definition) is 0. The van der Waals surface area contributed by atoms with Gasteiger partial charge in [-0.05, 0) is 24.3 Å². The quantitative estimate of drug-likeness (QED) is 0.625. The highest BCUT2D eigenvalue weighted by Crippen LogP contribution is 2.20. The Morgan fingerprint density at radius 1 is 1.12 bits per heavy atom. The molecule has 0 spiro atoms. The predicted molar refractivity (Wildman–Crippen MR) is 57.2 cm³/mol. The molecule has 3 rings (SSSR count). The van der Waals surface area contributed by atoms with E-state index in [1.807, 2.05) is 0 Å². The SMILES string of the molecule is Fc1cccc(-c2ccc3ocnc3n2)c1. The van der Waals surface area contributed by atoms with Crippen molar-refractivity contribution in [3.8, 4) is 11.3 Å². The summed E-state index contributed by atoms with van der Waals surface area (Å²) in [6, 6.07) is 9.85. The summed E-state index contributed by atoms with van der Waals surface area (Å²) in [5.41, 5.74) is 2.56. The first kappa shape index (κ1) is 9.03. The van der Waals surface area contributed by atoms with E-state index in [9.17, 15) is 4.39 Å². The van der Waals surface area contributed by atoms with Crippen LogP contribution in [0.3, 0.4) is 0 Å². The smallest absolute Gasteiger partial charge is 0.199 e. The van der Waals surface area contributed by atoms with Crippen molar-refractivity contribution >= 4 is 11.2 Å². The van der Waals surface area contributed by atoms with E-state index in [2.05, 4.69) is 9.97 Å². The third-order valence-electron chi connectivity index (χ3n) is 2.31. The molecule has 3 nitrogen and oxygen atoms in total. The summed E-state index contributed by atoms with van der Waals surface area (Å²) >= 11 is 0. The van der Waals surface area contributed by atoms with Crippen LogP contribution in [0.1, 0.15) is 0 Å². The van der Waals surface area contributed by atoms with E-state index >= 15 is 0 Å². The van der Waals surface area contributed by atoms with Crippen LogP contribution in [0.25, 0.3) is 22.5 Å². The zero-order valence-corrected chi connectivity index (χ0v) is 8.22. The van der Waals surface area contributed by atoms with Gasteiger partial charge in [0, 0.05) is 5.56 Å². The van der Waals surface area contributed by atoms with Gasteiger partial charge in [-0.2, -0.15) is 4.98 Å². The number of fused-ring (bicyclic) bond motifs is 1. The van der Waals surface area contributed by atoms with Gasteiger partial charge in [0.25, 0.3) is 0 Å². The number of pyridine rings is 1. The molecular formula is C12H7FN2O. The first-order valence-electron chi connectivity index (χ1n) is 4.79. The maximum atomic E-state index is 13.0. The highest BCUT2D eigenvalue weighted by atomic mass is 19.1. The first-order chi connectivity index (χ1) is 7.83. The number of halogens is 1. The Hall–Kier alpha value is -2.23. The van der Waals surface area contributed by atoms with Gasteiger partial charge in [-0.25, -0.2) is 9.37 Å². The lowest BCUT2D eigenvalue weighted by atomic mass is 10.1. The average molecular weight is 214 g/mol. The van der Waals surface area contributed by atoms with E-state index in [0.29, 0.717) is 16.9 Å². The Bertz CT molecular complexity index is 648. The Labute approximate surface area is 90.6 Å². The van der Waals surface area contributed by atoms with Crippen molar-refractivity contribution < 1.29 is 8.81 Å². The van der Waals surface area contributed by atoms with E-state index in [0.717, 1.165) is 5.56 Å². The van der Waals surface area contributed by atoms with Gasteiger partial charge in [-0.1, -0.05) is 12.1 Å². The Morgan fingerprint density at radius 3 is 2.94 bits per heavy atom. The van der Waals surface area contributed by atoms with Gasteiger partial charge >= 0.3 is 0 Å². The molecule has 0 fully saturated rings. The van der Waals surface area contributed by atoms with Crippen LogP contribution < -0.4 is 0 Å². The Kier molecular flexibility index (Phi) is 1.93. The van der Waals surface area contributed by atoms with Crippen molar-refractivity contribution in [1.29, 1.82) is 0 Å². The van der Waals surface area contributed by atoms with E-state index in [-0.39, 0.29) is 5.82 Å². The van der Waals surface area contributed by atoms with Gasteiger partial charge in [0.2, 0.25) is 0 Å². The molecule has 0 aliphatic heterocycles. The molecule has 2 heterocycles. The molecule has 0 aliphatic rings. The van der Waals surface area contributed by atoms with Gasteiger partial charge in [0.1, 0.15) is 5.82 Å². The molecule has 0 atom stereocenters. The lowest BCUT2D eigenvalue weighted by Crippen LogP contribution is -1.85. The zero-order chi connectivity index (χ0) is 11.0. The van der Waals surface area contributed by atoms with Crippen molar-refractivity contribution in [2.45, 2.75) is 0 Å². The first-order valence-corrected chi connectivity index (χ1v) is 4.79. The number of aromatic nitrogens is 2. The Balaban J connectivity index is 2.18. The van der Waals surface area contributed by atoms with Crippen LogP contribution in [0.15, 0.2) is 47.2 Å². The monoisotopic (exact) mass is 214 g/mol. The molecule has 16 heavy (non-hydrogen) atoms. The van der Waals surface area contributed by atoms with Crippen molar-refractivity contribution in [1.82, 2.24) is 9.97 Å². The summed E-state index contributed by atoms with van der Waals surface area (Å²) < 4.78 is 18.1. The largest absolute Gasteiger partial charge is 0.442 e. The highest BCUT2D eigenvalue weighted by molar-refractivity contribution is 5.72. The predicted octanol–water partition coefficient (Wildman–Crippen LogP) is 3.03. The minimum absolute atomic E-state index is 0.278. The van der Waals surface area contributed by atoms with Crippen molar-refractivity contribution in [3.63, 3.8) is 0 Å². The third kappa shape index (κ3) is 1.44. The van der Waals surface area contributed by atoms with Crippen LogP contribution in [-0.4, -0.2) is 9.97 Å². The molecule has 3 aromatic rings. The van der Waals surface area contributed by atoms with Crippen LogP contribution >= 0.6 is 0 Å². The number of rotatable bonds is 1. The van der Waals surface area contributed by atoms with Gasteiger partial charge in [0.05, 0.1) is 5.69 Å². The van der Waals surface area contributed by atoms with Crippen LogP contribution in [0.4, 0.5) is 4.39 Å². The fourth-order valence-electron chi connectivity index (χ4n) is 1.56. The fraction of sp³-hybridized carbons (Fsp3) is 0. The number of hydrogen-bond acceptors (Lipinski definition) is 3. The maximum Gasteiger partial charge on any atom is 0.199 e. The second-order valence-corrected chi connectivity index (χ2v) is 3.38. The van der Waals surface area contributed by atoms with Crippen molar-refractivity contribution in [2.75, 3.05) is 0 Å². The number of benzene rings is 1. The maximum absolute atomic E-state index is 13.0. The number of oxazole rings is 1. The van der Waals surface area contributed by atoms with Gasteiger partial charge in [-0.15, -0.1) is 0 Å². The van der Waals surface area contributed by atoms with Gasteiger partial charge in [-0.3, -0.25) is 0 Å². The standard InChI is InChI=1S/C12H7FN2O/c13-9-3-1-2-8(6-9)10-4-5-11-12(15-10)14-7-16-11/h1-7H. The topological polar surface area (TPSA) is 38.9 Å². The molecule has 0 aliphatic carbocycles. The van der Waals surface area contributed by atoms with E-state index in [1.165, 1.54) is 18.5 Å². The molecule has 0 N–H and O–H groups in total. The lowest BCUT2D eigenvalue weighted by molar-refractivity contribution is 0.602. The molecule has 0 radical (unpaired) electrons. The highest BCUT2D eigenvalue weighted by Gasteiger charge is 2.04. The average Bonchev–Trinajstić information content (AvgIpc) is 2.75. The van der Waals surface area contributed by atoms with Gasteiger partial charge in [0.15, 0.2) is 17.6 Å². The second-order valence-electron chi connectivity index (χ2n) is 3.38. The molecule has 4 heteroatoms. The molecule has 2 aromatic heterocycles. The summed E-state index contributed by atoms with van der Waals surface area (Å²) in [5, 5.41) is 0. The van der Waals surface area contributed by atoms with Crippen molar-refractivity contribution in [3.05, 3.63) is 48.6 Å². The van der Waals surface area contributed by atoms with Crippen molar-refractivity contribution in [2.24, 2.45) is 0 Å². The summed E-state index contributed by atoms with van der Waals surface area (Å²) in [6.07, 6.45) is 1.34. The van der Waals surface area contributed by atoms with E-state index in [4.69, 9.17) is 4.42 Å². The molecule has 0 amide bonds. The molecule has 0 bridgehead atoms. The summed E-state index contributed by atoms with van der Waals surface area (Å²) in [4.78, 5) is 8.23. The van der Waals surface area contributed by atoms with Crippen LogP contribution in [0.5, 0.6) is 0 Å². The minimum atomic E-state index is -0.278. The zero-order valence-electron chi connectivity index (χ0n) is 8.22. The van der Waals surface area contributed by atoms with E-state index in [1.54, 1.807) is 24.3 Å². The molecular weight excluding hydrogens is 207 g/mol. The molecule has 0 saturated carbocycles. The summed E-state index contributed by atoms with van der Waals surface area (Å²) in [5.74, 6) is -0.278. The molecule has 78 valence electrons. The second kappa shape index (κ2) is 3.41. The Morgan fingerprint density at radius 2 is 2.06 bits per heavy atom. The van der Waals surface area contributed by atoms with Crippen LogP contribution in [-0.2, 0) is 0 Å². The third-order valence-corrected chi connectivity index (χ3v) is 2.31. The van der Waals surface area contributed by atoms with Gasteiger partial charge < -0.3 is 4.42 Å². The number of nitrogens with zero attached hydrogens (tertiary/aromatic N) is 2.